The molecule has 1 aromatic rings. The number of sulfone groups is 1. The molecule has 1 unspecified atom stereocenters. The van der Waals surface area contributed by atoms with Crippen molar-refractivity contribution in [1.29, 1.82) is 0 Å². The molecular weight excluding hydrogens is 314 g/mol. The van der Waals surface area contributed by atoms with Gasteiger partial charge in [-0.15, -0.1) is 0 Å². The minimum Gasteiger partial charge on any atom is -0.338 e. The van der Waals surface area contributed by atoms with Crippen molar-refractivity contribution in [3.63, 3.8) is 0 Å². The van der Waals surface area contributed by atoms with E-state index in [4.69, 9.17) is 0 Å². The van der Waals surface area contributed by atoms with Gasteiger partial charge < -0.3 is 4.90 Å². The molecule has 23 heavy (non-hydrogen) atoms. The average molecular weight is 339 g/mol. The number of hydrogen-bond acceptors (Lipinski definition) is 5. The fourth-order valence-electron chi connectivity index (χ4n) is 2.93. The van der Waals surface area contributed by atoms with Crippen LogP contribution in [0, 0.1) is 0 Å². The summed E-state index contributed by atoms with van der Waals surface area (Å²) in [6, 6.07) is 3.78. The maximum Gasteiger partial charge on any atom is 0.237 e. The van der Waals surface area contributed by atoms with Crippen molar-refractivity contribution in [2.75, 3.05) is 38.2 Å². The summed E-state index contributed by atoms with van der Waals surface area (Å²) in [5, 5.41) is 0. The first-order chi connectivity index (χ1) is 10.9. The number of carbonyl (C=O) groups is 1. The first kappa shape index (κ1) is 17.9. The topological polar surface area (TPSA) is 70.6 Å². The number of pyridine rings is 1. The van der Waals surface area contributed by atoms with Crippen molar-refractivity contribution in [1.82, 2.24) is 14.8 Å². The molecule has 6 nitrogen and oxygen atoms in total. The molecule has 0 N–H and O–H groups in total. The van der Waals surface area contributed by atoms with Crippen LogP contribution in [0.5, 0.6) is 0 Å². The van der Waals surface area contributed by atoms with Gasteiger partial charge >= 0.3 is 0 Å². The number of hydrogen-bond donors (Lipinski definition) is 0. The molecular formula is C16H25N3O3S. The molecule has 1 atom stereocenters. The van der Waals surface area contributed by atoms with Crippen LogP contribution >= 0.6 is 0 Å². The van der Waals surface area contributed by atoms with Crippen LogP contribution in [0.25, 0.3) is 0 Å². The first-order valence-corrected chi connectivity index (χ1v) is 9.81. The van der Waals surface area contributed by atoms with E-state index in [-0.39, 0.29) is 23.5 Å². The summed E-state index contributed by atoms with van der Waals surface area (Å²) in [5.41, 5.74) is 1.19. The standard InChI is InChI=1S/C16H25N3O3S/c1-3-19(15-7-11-23(21,22)13-15)16(20)12-18(2)10-6-14-4-8-17-9-5-14/h4-5,8-9,15H,3,6-7,10-13H2,1-2H3. The van der Waals surface area contributed by atoms with Crippen molar-refractivity contribution in [3.8, 4) is 0 Å². The van der Waals surface area contributed by atoms with Crippen molar-refractivity contribution in [3.05, 3.63) is 30.1 Å². The minimum atomic E-state index is -2.97. The summed E-state index contributed by atoms with van der Waals surface area (Å²) in [6.07, 6.45) is 4.94. The highest BCUT2D eigenvalue weighted by molar-refractivity contribution is 7.91. The summed E-state index contributed by atoms with van der Waals surface area (Å²) >= 11 is 0. The Kier molecular flexibility index (Phi) is 6.12. The molecule has 0 saturated carbocycles. The smallest absolute Gasteiger partial charge is 0.237 e. The zero-order valence-electron chi connectivity index (χ0n) is 13.8. The van der Waals surface area contributed by atoms with Crippen molar-refractivity contribution in [2.45, 2.75) is 25.8 Å². The van der Waals surface area contributed by atoms with Gasteiger partial charge in [0.15, 0.2) is 9.84 Å². The van der Waals surface area contributed by atoms with Gasteiger partial charge in [-0.05, 0) is 44.5 Å². The van der Waals surface area contributed by atoms with Crippen LogP contribution < -0.4 is 0 Å². The molecule has 1 fully saturated rings. The first-order valence-electron chi connectivity index (χ1n) is 7.98. The van der Waals surface area contributed by atoms with Crippen LogP contribution in [0.3, 0.4) is 0 Å². The van der Waals surface area contributed by atoms with Gasteiger partial charge in [-0.25, -0.2) is 8.42 Å². The largest absolute Gasteiger partial charge is 0.338 e. The second kappa shape index (κ2) is 7.88. The fraction of sp³-hybridized carbons (Fsp3) is 0.625. The quantitative estimate of drug-likeness (QED) is 0.727. The Morgan fingerprint density at radius 2 is 2.04 bits per heavy atom. The molecule has 1 amide bonds. The van der Waals surface area contributed by atoms with Crippen LogP contribution in [0.4, 0.5) is 0 Å². The summed E-state index contributed by atoms with van der Waals surface area (Å²) in [6.45, 7) is 3.54. The van der Waals surface area contributed by atoms with E-state index in [0.717, 1.165) is 13.0 Å². The van der Waals surface area contributed by atoms with Gasteiger partial charge in [0, 0.05) is 31.5 Å². The Morgan fingerprint density at radius 3 is 2.61 bits per heavy atom. The Labute approximate surface area is 138 Å². The normalized spacial score (nSPS) is 19.9. The monoisotopic (exact) mass is 339 g/mol. The van der Waals surface area contributed by atoms with Gasteiger partial charge in [0.2, 0.25) is 5.91 Å². The molecule has 7 heteroatoms. The molecule has 0 aliphatic carbocycles. The summed E-state index contributed by atoms with van der Waals surface area (Å²) < 4.78 is 23.2. The molecule has 2 rings (SSSR count). The third-order valence-electron chi connectivity index (χ3n) is 4.25. The molecule has 0 radical (unpaired) electrons. The molecule has 0 spiro atoms. The van der Waals surface area contributed by atoms with Crippen LogP contribution in [0.15, 0.2) is 24.5 Å². The molecule has 1 saturated heterocycles. The van der Waals surface area contributed by atoms with E-state index in [1.807, 2.05) is 31.0 Å². The third kappa shape index (κ3) is 5.28. The van der Waals surface area contributed by atoms with E-state index >= 15 is 0 Å². The summed E-state index contributed by atoms with van der Waals surface area (Å²) in [4.78, 5) is 20.2. The van der Waals surface area contributed by atoms with E-state index in [9.17, 15) is 13.2 Å². The highest BCUT2D eigenvalue weighted by Gasteiger charge is 2.33. The highest BCUT2D eigenvalue weighted by atomic mass is 32.2. The Bertz CT molecular complexity index is 619. The highest BCUT2D eigenvalue weighted by Crippen LogP contribution is 2.18. The van der Waals surface area contributed by atoms with Crippen LogP contribution in [0.1, 0.15) is 18.9 Å². The Balaban J connectivity index is 1.84. The lowest BCUT2D eigenvalue weighted by atomic mass is 10.2. The number of carbonyl (C=O) groups excluding carboxylic acids is 1. The molecule has 1 aromatic heterocycles. The number of aromatic nitrogens is 1. The van der Waals surface area contributed by atoms with Gasteiger partial charge in [0.05, 0.1) is 18.1 Å². The van der Waals surface area contributed by atoms with E-state index in [2.05, 4.69) is 4.98 Å². The molecule has 1 aliphatic rings. The zero-order chi connectivity index (χ0) is 16.9. The molecule has 0 bridgehead atoms. The van der Waals surface area contributed by atoms with Crippen LogP contribution in [-0.2, 0) is 21.1 Å². The van der Waals surface area contributed by atoms with Crippen molar-refractivity contribution >= 4 is 15.7 Å². The molecule has 0 aromatic carbocycles. The van der Waals surface area contributed by atoms with Gasteiger partial charge in [0.25, 0.3) is 0 Å². The molecule has 1 aliphatic heterocycles. The predicted octanol–water partition coefficient (Wildman–Crippen LogP) is 0.592. The Hall–Kier alpha value is -1.47. The maximum absolute atomic E-state index is 12.5. The minimum absolute atomic E-state index is 0.00632. The van der Waals surface area contributed by atoms with Gasteiger partial charge in [-0.3, -0.25) is 14.7 Å². The number of rotatable bonds is 7. The SMILES string of the molecule is CCN(C(=O)CN(C)CCc1ccncc1)C1CCS(=O)(=O)C1. The fourth-order valence-corrected chi connectivity index (χ4v) is 4.66. The van der Waals surface area contributed by atoms with Gasteiger partial charge in [0.1, 0.15) is 0 Å². The third-order valence-corrected chi connectivity index (χ3v) is 6.00. The van der Waals surface area contributed by atoms with E-state index in [1.54, 1.807) is 17.3 Å². The number of likely N-dealkylation sites (N-methyl/N-ethyl adjacent to an activating group) is 2. The predicted molar refractivity (Wildman–Crippen MR) is 89.9 cm³/mol. The zero-order valence-corrected chi connectivity index (χ0v) is 14.6. The second-order valence-corrected chi connectivity index (χ2v) is 8.31. The van der Waals surface area contributed by atoms with E-state index in [0.29, 0.717) is 19.5 Å². The maximum atomic E-state index is 12.5. The summed E-state index contributed by atoms with van der Waals surface area (Å²) in [5.74, 6) is 0.305. The lowest BCUT2D eigenvalue weighted by molar-refractivity contribution is -0.133. The van der Waals surface area contributed by atoms with Crippen molar-refractivity contribution in [2.24, 2.45) is 0 Å². The van der Waals surface area contributed by atoms with Crippen LogP contribution in [-0.4, -0.2) is 73.3 Å². The van der Waals surface area contributed by atoms with E-state index in [1.165, 1.54) is 5.56 Å². The lowest BCUT2D eigenvalue weighted by Crippen LogP contribution is -2.45. The van der Waals surface area contributed by atoms with Gasteiger partial charge in [-0.1, -0.05) is 0 Å². The Morgan fingerprint density at radius 1 is 1.35 bits per heavy atom. The number of nitrogens with zero attached hydrogens (tertiary/aromatic N) is 3. The average Bonchev–Trinajstić information content (AvgIpc) is 2.87. The number of amides is 1. The van der Waals surface area contributed by atoms with Crippen molar-refractivity contribution < 1.29 is 13.2 Å². The second-order valence-electron chi connectivity index (χ2n) is 6.08. The van der Waals surface area contributed by atoms with Crippen LogP contribution in [0.2, 0.25) is 0 Å². The summed E-state index contributed by atoms with van der Waals surface area (Å²) in [7, 11) is -1.06. The lowest BCUT2D eigenvalue weighted by Gasteiger charge is -2.29. The van der Waals surface area contributed by atoms with Gasteiger partial charge in [-0.2, -0.15) is 0 Å². The molecule has 2 heterocycles. The van der Waals surface area contributed by atoms with E-state index < -0.39 is 9.84 Å². The molecule has 128 valence electrons.